The second-order valence-corrected chi connectivity index (χ2v) is 6.51. The van der Waals surface area contributed by atoms with Gasteiger partial charge >= 0.3 is 7.60 Å². The molecule has 1 aromatic carbocycles. The number of rotatable bonds is 8. The number of nitrogens with zero attached hydrogens (tertiary/aromatic N) is 3. The molecular weight excluding hydrogens is 353 g/mol. The molecule has 0 aliphatic carbocycles. The highest BCUT2D eigenvalue weighted by molar-refractivity contribution is 7.52. The largest absolute Gasteiger partial charge is 0.508 e. The number of hydrogen-bond acceptors (Lipinski definition) is 7. The van der Waals surface area contributed by atoms with Crippen molar-refractivity contribution in [1.82, 2.24) is 9.96 Å². The van der Waals surface area contributed by atoms with E-state index in [4.69, 9.17) is 0 Å². The lowest BCUT2D eigenvalue weighted by atomic mass is 10.2. The molecule has 0 spiro atoms. The normalized spacial score (nSPS) is 12.1. The predicted molar refractivity (Wildman–Crippen MR) is 91.0 cm³/mol. The molecule has 0 fully saturated rings. The van der Waals surface area contributed by atoms with E-state index in [2.05, 4.69) is 5.18 Å². The van der Waals surface area contributed by atoms with E-state index in [1.165, 1.54) is 31.3 Å². The maximum Gasteiger partial charge on any atom is 0.347 e. The summed E-state index contributed by atoms with van der Waals surface area (Å²) < 4.78 is 11.7. The first kappa shape index (κ1) is 23.2. The maximum absolute atomic E-state index is 11.8. The SMILES string of the molecule is CC.CN(CC(=O)N(O)CCN=O)C(c1ccc(O)cc1)P(=O)(O)O. The lowest BCUT2D eigenvalue weighted by Gasteiger charge is -2.29. The van der Waals surface area contributed by atoms with E-state index in [9.17, 15) is 34.4 Å². The van der Waals surface area contributed by atoms with Gasteiger partial charge < -0.3 is 14.9 Å². The number of carbonyl (C=O) groups excluding carboxylic acids is 1. The van der Waals surface area contributed by atoms with Crippen molar-refractivity contribution < 1.29 is 29.5 Å². The third kappa shape index (κ3) is 7.72. The molecule has 1 atom stereocenters. The molecule has 0 aliphatic rings. The number of aromatic hydroxyl groups is 1. The van der Waals surface area contributed by atoms with Crippen molar-refractivity contribution in [3.05, 3.63) is 34.7 Å². The monoisotopic (exact) mass is 377 g/mol. The van der Waals surface area contributed by atoms with Crippen molar-refractivity contribution in [2.75, 3.05) is 26.7 Å². The number of phenols is 1. The Hall–Kier alpha value is -1.84. The van der Waals surface area contributed by atoms with Crippen LogP contribution in [0.3, 0.4) is 0 Å². The van der Waals surface area contributed by atoms with Gasteiger partial charge in [-0.25, -0.2) is 5.06 Å². The Morgan fingerprint density at radius 3 is 2.20 bits per heavy atom. The third-order valence-corrected chi connectivity index (χ3v) is 4.33. The van der Waals surface area contributed by atoms with Gasteiger partial charge in [0.15, 0.2) is 0 Å². The van der Waals surface area contributed by atoms with E-state index in [1.807, 2.05) is 13.8 Å². The molecule has 0 heterocycles. The predicted octanol–water partition coefficient (Wildman–Crippen LogP) is 1.51. The average Bonchev–Trinajstić information content (AvgIpc) is 2.55. The number of carbonyl (C=O) groups is 1. The lowest BCUT2D eigenvalue weighted by molar-refractivity contribution is -0.165. The Morgan fingerprint density at radius 2 is 1.76 bits per heavy atom. The number of phenolic OH excluding ortho intramolecular Hbond substituents is 1. The van der Waals surface area contributed by atoms with Gasteiger partial charge in [0.05, 0.1) is 13.1 Å². The summed E-state index contributed by atoms with van der Waals surface area (Å²) in [5.74, 6) is -2.34. The van der Waals surface area contributed by atoms with Gasteiger partial charge in [-0.3, -0.25) is 19.5 Å². The van der Waals surface area contributed by atoms with Crippen LogP contribution in [0.1, 0.15) is 25.2 Å². The highest BCUT2D eigenvalue weighted by Crippen LogP contribution is 2.53. The Labute approximate surface area is 145 Å². The highest BCUT2D eigenvalue weighted by Gasteiger charge is 2.35. The molecular formula is C14H24N3O7P. The fraction of sp³-hybridized carbons (Fsp3) is 0.500. The first-order valence-corrected chi connectivity index (χ1v) is 9.17. The number of amides is 1. The maximum atomic E-state index is 11.8. The van der Waals surface area contributed by atoms with Crippen molar-refractivity contribution in [2.24, 2.45) is 5.18 Å². The molecule has 1 aromatic rings. The van der Waals surface area contributed by atoms with Crippen molar-refractivity contribution in [1.29, 1.82) is 0 Å². The van der Waals surface area contributed by atoms with Crippen molar-refractivity contribution >= 4 is 13.5 Å². The van der Waals surface area contributed by atoms with Gasteiger partial charge in [0.1, 0.15) is 18.1 Å². The summed E-state index contributed by atoms with van der Waals surface area (Å²) in [6, 6.07) is 5.18. The molecule has 0 aliphatic heterocycles. The quantitative estimate of drug-likeness (QED) is 0.230. The summed E-state index contributed by atoms with van der Waals surface area (Å²) >= 11 is 0. The number of hydroxylamine groups is 2. The van der Waals surface area contributed by atoms with Crippen LogP contribution in [0.4, 0.5) is 0 Å². The summed E-state index contributed by atoms with van der Waals surface area (Å²) in [7, 11) is -3.35. The van der Waals surface area contributed by atoms with Crippen molar-refractivity contribution in [3.8, 4) is 5.75 Å². The molecule has 0 bridgehead atoms. The van der Waals surface area contributed by atoms with Crippen LogP contribution < -0.4 is 0 Å². The van der Waals surface area contributed by atoms with Gasteiger partial charge in [-0.1, -0.05) is 31.2 Å². The molecule has 11 heteroatoms. The van der Waals surface area contributed by atoms with Crippen LogP contribution in [0.15, 0.2) is 29.4 Å². The first-order chi connectivity index (χ1) is 11.7. The Kier molecular flexibility index (Phi) is 10.1. The third-order valence-electron chi connectivity index (χ3n) is 3.00. The second-order valence-electron chi connectivity index (χ2n) is 4.84. The molecule has 1 unspecified atom stereocenters. The zero-order valence-electron chi connectivity index (χ0n) is 14.3. The van der Waals surface area contributed by atoms with Gasteiger partial charge in [0.25, 0.3) is 5.91 Å². The minimum atomic E-state index is -4.65. The van der Waals surface area contributed by atoms with Gasteiger partial charge in [-0.15, -0.1) is 0 Å². The van der Waals surface area contributed by atoms with E-state index >= 15 is 0 Å². The summed E-state index contributed by atoms with van der Waals surface area (Å²) in [6.45, 7) is 2.90. The van der Waals surface area contributed by atoms with Gasteiger partial charge in [-0.2, -0.15) is 4.91 Å². The van der Waals surface area contributed by atoms with Crippen LogP contribution in [-0.2, 0) is 9.36 Å². The fourth-order valence-corrected chi connectivity index (χ4v) is 3.15. The standard InChI is InChI=1S/C12H18N3O7P.C2H6/c1-14(8-11(17)15(19)7-6-13-18)12(23(20,21)22)9-2-4-10(16)5-3-9;1-2/h2-5,12,16,19H,6-8H2,1H3,(H2,20,21,22);1-2H3. The zero-order chi connectivity index (χ0) is 19.6. The summed E-state index contributed by atoms with van der Waals surface area (Å²) in [5, 5.41) is 21.4. The van der Waals surface area contributed by atoms with E-state index in [0.717, 1.165) is 4.90 Å². The fourth-order valence-electron chi connectivity index (χ4n) is 1.99. The summed E-state index contributed by atoms with van der Waals surface area (Å²) in [4.78, 5) is 41.9. The highest BCUT2D eigenvalue weighted by atomic mass is 31.2. The number of hydrogen-bond donors (Lipinski definition) is 4. The van der Waals surface area contributed by atoms with E-state index < -0.39 is 25.8 Å². The van der Waals surface area contributed by atoms with Crippen LogP contribution in [0.2, 0.25) is 0 Å². The summed E-state index contributed by atoms with van der Waals surface area (Å²) in [6.07, 6.45) is 0. The van der Waals surface area contributed by atoms with E-state index in [1.54, 1.807) is 0 Å². The van der Waals surface area contributed by atoms with Crippen LogP contribution in [0, 0.1) is 4.91 Å². The molecule has 0 saturated heterocycles. The molecule has 25 heavy (non-hydrogen) atoms. The van der Waals surface area contributed by atoms with Crippen molar-refractivity contribution in [3.63, 3.8) is 0 Å². The zero-order valence-corrected chi connectivity index (χ0v) is 15.2. The Bertz CT molecular complexity index is 591. The smallest absolute Gasteiger partial charge is 0.347 e. The molecule has 142 valence electrons. The van der Waals surface area contributed by atoms with Gasteiger partial charge in [0, 0.05) is 0 Å². The number of likely N-dealkylation sites (N-methyl/N-ethyl adjacent to an activating group) is 1. The number of benzene rings is 1. The van der Waals surface area contributed by atoms with Crippen LogP contribution in [0.25, 0.3) is 0 Å². The minimum absolute atomic E-state index is 0.0696. The topological polar surface area (TPSA) is 151 Å². The molecule has 0 aromatic heterocycles. The van der Waals surface area contributed by atoms with Crippen LogP contribution >= 0.6 is 7.60 Å². The molecule has 1 rings (SSSR count). The Balaban J connectivity index is 0.00000277. The number of nitroso groups, excluding NO2 is 1. The first-order valence-electron chi connectivity index (χ1n) is 7.49. The lowest BCUT2D eigenvalue weighted by Crippen LogP contribution is -2.39. The molecule has 10 nitrogen and oxygen atoms in total. The van der Waals surface area contributed by atoms with Crippen LogP contribution in [-0.4, -0.2) is 62.7 Å². The van der Waals surface area contributed by atoms with Crippen molar-refractivity contribution in [2.45, 2.75) is 19.6 Å². The Morgan fingerprint density at radius 1 is 1.24 bits per heavy atom. The average molecular weight is 377 g/mol. The molecule has 0 saturated carbocycles. The minimum Gasteiger partial charge on any atom is -0.508 e. The van der Waals surface area contributed by atoms with Crippen LogP contribution in [0.5, 0.6) is 5.75 Å². The molecule has 1 amide bonds. The molecule has 0 radical (unpaired) electrons. The second kappa shape index (κ2) is 10.9. The molecule has 4 N–H and O–H groups in total. The van der Waals surface area contributed by atoms with Gasteiger partial charge in [-0.05, 0) is 24.7 Å². The van der Waals surface area contributed by atoms with Gasteiger partial charge in [0.2, 0.25) is 0 Å². The van der Waals surface area contributed by atoms with E-state index in [0.29, 0.717) is 0 Å². The summed E-state index contributed by atoms with van der Waals surface area (Å²) in [5.41, 5.74) is 0.200. The van der Waals surface area contributed by atoms with E-state index in [-0.39, 0.29) is 29.5 Å².